The molecule has 0 bridgehead atoms. The molecule has 0 fully saturated rings. The van der Waals surface area contributed by atoms with Crippen LogP contribution >= 0.6 is 0 Å². The monoisotopic (exact) mass is 360 g/mol. The zero-order valence-electron chi connectivity index (χ0n) is 15.1. The molecule has 0 saturated carbocycles. The maximum atomic E-state index is 11.3. The molecular weight excluding hydrogens is 344 g/mol. The van der Waals surface area contributed by atoms with Gasteiger partial charge in [0.2, 0.25) is 0 Å². The molecule has 0 aliphatic heterocycles. The molecule has 0 aliphatic carbocycles. The Hall–Kier alpha value is -2.10. The minimum absolute atomic E-state index is 0. The summed E-state index contributed by atoms with van der Waals surface area (Å²) in [5.41, 5.74) is -0.116. The van der Waals surface area contributed by atoms with E-state index in [4.69, 9.17) is 10.2 Å². The Labute approximate surface area is 168 Å². The van der Waals surface area contributed by atoms with Crippen molar-refractivity contribution in [3.8, 4) is 5.75 Å². The number of benzene rings is 1. The van der Waals surface area contributed by atoms with E-state index >= 15 is 0 Å². The van der Waals surface area contributed by atoms with E-state index in [9.17, 15) is 14.4 Å². The molecule has 124 valence electrons. The fourth-order valence-corrected chi connectivity index (χ4v) is 1.92. The number of aromatic hydroxyl groups is 1. The van der Waals surface area contributed by atoms with E-state index < -0.39 is 17.2 Å². The molecule has 9 nitrogen and oxygen atoms in total. The van der Waals surface area contributed by atoms with Crippen molar-refractivity contribution in [3.63, 3.8) is 0 Å². The summed E-state index contributed by atoms with van der Waals surface area (Å²) in [5, 5.41) is 17.3. The van der Waals surface area contributed by atoms with Crippen molar-refractivity contribution >= 4 is 54.9 Å². The van der Waals surface area contributed by atoms with Gasteiger partial charge < -0.3 is 17.6 Å². The van der Waals surface area contributed by atoms with Gasteiger partial charge in [0.1, 0.15) is 11.3 Å². The van der Waals surface area contributed by atoms with Crippen molar-refractivity contribution in [2.75, 3.05) is 0 Å². The van der Waals surface area contributed by atoms with Crippen LogP contribution in [0.2, 0.25) is 0 Å². The number of H-pyrrole nitrogens is 1. The number of aromatic carboxylic acids is 1. The number of hydrogen-bond acceptors (Lipinski definition) is 5. The van der Waals surface area contributed by atoms with Crippen LogP contribution in [0.5, 0.6) is 5.75 Å². The SMILES string of the molecule is Cn1cnc2c1c(=O)[nH]c(=O)n2C.O=C(O)c1ccccc1O.[Ca+2].[H-].[H-]. The van der Waals surface area contributed by atoms with Crippen LogP contribution in [0.4, 0.5) is 0 Å². The van der Waals surface area contributed by atoms with Gasteiger partial charge in [0.25, 0.3) is 5.56 Å². The van der Waals surface area contributed by atoms with Crippen LogP contribution in [0.15, 0.2) is 40.2 Å². The summed E-state index contributed by atoms with van der Waals surface area (Å²) < 4.78 is 2.88. The normalized spacial score (nSPS) is 9.75. The summed E-state index contributed by atoms with van der Waals surface area (Å²) in [4.78, 5) is 38.8. The Morgan fingerprint density at radius 1 is 1.25 bits per heavy atom. The molecule has 3 rings (SSSR count). The minimum atomic E-state index is -1.11. The number of imidazole rings is 1. The van der Waals surface area contributed by atoms with E-state index in [0.29, 0.717) is 11.2 Å². The van der Waals surface area contributed by atoms with Crippen molar-refractivity contribution in [2.45, 2.75) is 0 Å². The number of hydrogen-bond donors (Lipinski definition) is 3. The van der Waals surface area contributed by atoms with E-state index in [1.807, 2.05) is 0 Å². The molecule has 0 saturated heterocycles. The fraction of sp³-hybridized carbons (Fsp3) is 0.143. The maximum Gasteiger partial charge on any atom is 2.00 e. The number of carboxylic acids is 1. The van der Waals surface area contributed by atoms with Crippen LogP contribution in [0, 0.1) is 0 Å². The Morgan fingerprint density at radius 2 is 1.88 bits per heavy atom. The number of aromatic amines is 1. The molecule has 3 aromatic rings. The number of para-hydroxylation sites is 1. The number of aryl methyl sites for hydroxylation is 2. The summed E-state index contributed by atoms with van der Waals surface area (Å²) >= 11 is 0. The van der Waals surface area contributed by atoms with E-state index in [-0.39, 0.29) is 51.9 Å². The van der Waals surface area contributed by atoms with E-state index in [2.05, 4.69) is 9.97 Å². The van der Waals surface area contributed by atoms with E-state index in [1.54, 1.807) is 30.8 Å². The van der Waals surface area contributed by atoms with E-state index in [1.165, 1.54) is 23.0 Å². The smallest absolute Gasteiger partial charge is 1.00 e. The third kappa shape index (κ3) is 4.05. The van der Waals surface area contributed by atoms with Crippen molar-refractivity contribution in [2.24, 2.45) is 14.1 Å². The fourth-order valence-electron chi connectivity index (χ4n) is 1.92. The van der Waals surface area contributed by atoms with Crippen LogP contribution < -0.4 is 11.2 Å². The second-order valence-corrected chi connectivity index (χ2v) is 4.67. The van der Waals surface area contributed by atoms with Crippen LogP contribution in [0.25, 0.3) is 11.2 Å². The Morgan fingerprint density at radius 3 is 2.42 bits per heavy atom. The number of phenols is 1. The van der Waals surface area contributed by atoms with Crippen LogP contribution in [-0.2, 0) is 14.1 Å². The summed E-state index contributed by atoms with van der Waals surface area (Å²) in [6.07, 6.45) is 1.50. The first-order chi connectivity index (χ1) is 10.8. The number of nitrogens with one attached hydrogen (secondary N) is 1. The quantitative estimate of drug-likeness (QED) is 0.519. The number of nitrogens with zero attached hydrogens (tertiary/aromatic N) is 3. The zero-order valence-corrected chi connectivity index (χ0v) is 15.3. The molecule has 1 aromatic carbocycles. The summed E-state index contributed by atoms with van der Waals surface area (Å²) in [6, 6.07) is 5.81. The molecule has 10 heteroatoms. The molecule has 0 spiro atoms. The van der Waals surface area contributed by atoms with Gasteiger partial charge in [-0.25, -0.2) is 14.6 Å². The van der Waals surface area contributed by atoms with Crippen molar-refractivity contribution in [1.29, 1.82) is 0 Å². The van der Waals surface area contributed by atoms with Gasteiger partial charge in [-0.2, -0.15) is 0 Å². The number of fused-ring (bicyclic) bond motifs is 1. The molecule has 0 atom stereocenters. The molecule has 24 heavy (non-hydrogen) atoms. The molecule has 0 radical (unpaired) electrons. The summed E-state index contributed by atoms with van der Waals surface area (Å²) in [6.45, 7) is 0. The standard InChI is InChI=1S/C7H8N4O2.C7H6O3.Ca.2H/c1-10-3-8-5-4(10)6(12)9-7(13)11(5)2;8-6-4-2-1-3-5(6)7(9)10;;;/h3H,1-2H3,(H,9,12,13);1-4,8H,(H,9,10);;;/q;;+2;2*-1. The second kappa shape index (κ2) is 8.13. The molecule has 2 aromatic heterocycles. The largest absolute Gasteiger partial charge is 2.00 e. The van der Waals surface area contributed by atoms with Gasteiger partial charge in [0.15, 0.2) is 11.2 Å². The number of carboxylic acid groups (broad SMARTS) is 1. The van der Waals surface area contributed by atoms with Crippen LogP contribution in [-0.4, -0.2) is 73.0 Å². The molecule has 0 aliphatic rings. The predicted octanol–water partition coefficient (Wildman–Crippen LogP) is -0.105. The van der Waals surface area contributed by atoms with Gasteiger partial charge in [0.05, 0.1) is 6.33 Å². The van der Waals surface area contributed by atoms with Gasteiger partial charge in [-0.15, -0.1) is 0 Å². The van der Waals surface area contributed by atoms with Gasteiger partial charge >= 0.3 is 49.4 Å². The predicted molar refractivity (Wildman–Crippen MR) is 89.6 cm³/mol. The summed E-state index contributed by atoms with van der Waals surface area (Å²) in [5.74, 6) is -1.31. The molecular formula is C14H16CaN4O5. The Balaban J connectivity index is 0. The minimum Gasteiger partial charge on any atom is -1.00 e. The van der Waals surface area contributed by atoms with Crippen molar-refractivity contribution in [1.82, 2.24) is 19.1 Å². The summed E-state index contributed by atoms with van der Waals surface area (Å²) in [7, 11) is 3.27. The zero-order chi connectivity index (χ0) is 17.1. The van der Waals surface area contributed by atoms with Gasteiger partial charge in [-0.3, -0.25) is 14.3 Å². The molecule has 2 heterocycles. The second-order valence-electron chi connectivity index (χ2n) is 4.67. The van der Waals surface area contributed by atoms with Gasteiger partial charge in [-0.05, 0) is 12.1 Å². The third-order valence-corrected chi connectivity index (χ3v) is 3.11. The number of aromatic nitrogens is 4. The van der Waals surface area contributed by atoms with Crippen molar-refractivity contribution in [3.05, 3.63) is 57.0 Å². The third-order valence-electron chi connectivity index (χ3n) is 3.11. The van der Waals surface area contributed by atoms with Crippen LogP contribution in [0.3, 0.4) is 0 Å². The van der Waals surface area contributed by atoms with Gasteiger partial charge in [-0.1, -0.05) is 12.1 Å². The first-order valence-corrected chi connectivity index (χ1v) is 6.44. The Kier molecular flexibility index (Phi) is 6.76. The molecule has 0 amide bonds. The number of rotatable bonds is 1. The Bertz CT molecular complexity index is 999. The maximum absolute atomic E-state index is 11.3. The first-order valence-electron chi connectivity index (χ1n) is 6.44. The average molecular weight is 360 g/mol. The van der Waals surface area contributed by atoms with Crippen molar-refractivity contribution < 1.29 is 17.9 Å². The van der Waals surface area contributed by atoms with Gasteiger partial charge in [0, 0.05) is 14.1 Å². The topological polar surface area (TPSA) is 130 Å². The molecule has 3 N–H and O–H groups in total. The first kappa shape index (κ1) is 19.9. The van der Waals surface area contributed by atoms with Crippen LogP contribution in [0.1, 0.15) is 13.2 Å². The average Bonchev–Trinajstić information content (AvgIpc) is 2.88. The van der Waals surface area contributed by atoms with E-state index in [0.717, 1.165) is 0 Å². The number of carbonyl (C=O) groups is 1. The molecule has 0 unspecified atom stereocenters.